The van der Waals surface area contributed by atoms with Crippen molar-refractivity contribution in [2.24, 2.45) is 0 Å². The zero-order valence-electron chi connectivity index (χ0n) is 28.1. The van der Waals surface area contributed by atoms with Crippen LogP contribution in [0.25, 0.3) is 94.6 Å². The van der Waals surface area contributed by atoms with Crippen LogP contribution in [-0.2, 0) is 0 Å². The zero-order valence-corrected chi connectivity index (χ0v) is 28.1. The van der Waals surface area contributed by atoms with E-state index in [2.05, 4.69) is 172 Å². The van der Waals surface area contributed by atoms with Gasteiger partial charge in [0.1, 0.15) is 0 Å². The molecule has 244 valence electrons. The van der Waals surface area contributed by atoms with Gasteiger partial charge in [0.05, 0.1) is 11.0 Å². The summed E-state index contributed by atoms with van der Waals surface area (Å²) >= 11 is 0. The summed E-state index contributed by atoms with van der Waals surface area (Å²) in [7, 11) is 0. The Bertz CT molecular complexity index is 2860. The predicted molar refractivity (Wildman–Crippen MR) is 213 cm³/mol. The Balaban J connectivity index is 1.04. The topological polar surface area (TPSA) is 43.9 Å². The molecule has 0 spiro atoms. The Kier molecular flexibility index (Phi) is 7.10. The summed E-state index contributed by atoms with van der Waals surface area (Å²) < 4.78 is 8.39. The Morgan fingerprint density at radius 2 is 0.827 bits per heavy atom. The van der Waals surface area contributed by atoms with Crippen LogP contribution in [0.1, 0.15) is 0 Å². The van der Waals surface area contributed by atoms with Gasteiger partial charge in [-0.2, -0.15) is 0 Å². The molecule has 0 fully saturated rings. The van der Waals surface area contributed by atoms with Crippen LogP contribution in [-0.4, -0.2) is 14.8 Å². The van der Waals surface area contributed by atoms with E-state index in [0.29, 0.717) is 11.8 Å². The molecule has 0 aliphatic rings. The lowest BCUT2D eigenvalue weighted by atomic mass is 9.95. The molecule has 2 aromatic heterocycles. The van der Waals surface area contributed by atoms with Crippen LogP contribution in [0, 0.1) is 0 Å². The minimum absolute atomic E-state index is 0.504. The van der Waals surface area contributed by atoms with E-state index in [1.165, 1.54) is 54.8 Å². The number of benzene rings is 8. The van der Waals surface area contributed by atoms with Crippen LogP contribution in [0.3, 0.4) is 0 Å². The summed E-state index contributed by atoms with van der Waals surface area (Å²) in [5.41, 5.74) is 12.4. The molecule has 0 N–H and O–H groups in total. The average molecular weight is 666 g/mol. The first-order chi connectivity index (χ1) is 25.8. The number of fused-ring (bicyclic) bond motifs is 4. The molecule has 8 aromatic carbocycles. The largest absolute Gasteiger partial charge is 0.416 e. The van der Waals surface area contributed by atoms with Crippen molar-refractivity contribution in [3.63, 3.8) is 0 Å². The van der Waals surface area contributed by atoms with E-state index in [4.69, 9.17) is 4.42 Å². The first-order valence-electron chi connectivity index (χ1n) is 17.5. The standard InChI is InChI=1S/C48H31N3O/c1-3-11-36(12-4-1)47-49-50-48(52-47)37-24-20-33(21-25-37)39-27-29-46-44(31-39)43-30-38(26-28-45(43)51(46)40-14-5-2-6-15-40)32-18-22-35(23-19-32)42-17-9-13-34-10-7-8-16-41(34)42/h1-31H. The quantitative estimate of drug-likeness (QED) is 0.178. The van der Waals surface area contributed by atoms with E-state index in [1.807, 2.05) is 30.3 Å². The fraction of sp³-hybridized carbons (Fsp3) is 0. The van der Waals surface area contributed by atoms with Crippen molar-refractivity contribution < 1.29 is 4.42 Å². The van der Waals surface area contributed by atoms with Gasteiger partial charge in [0, 0.05) is 27.6 Å². The first-order valence-corrected chi connectivity index (χ1v) is 17.5. The molecule has 0 aliphatic carbocycles. The summed E-state index contributed by atoms with van der Waals surface area (Å²) in [5, 5.41) is 13.5. The maximum absolute atomic E-state index is 6.02. The molecule has 0 unspecified atom stereocenters. The summed E-state index contributed by atoms with van der Waals surface area (Å²) in [4.78, 5) is 0. The Labute approximate surface area is 300 Å². The second kappa shape index (κ2) is 12.4. The van der Waals surface area contributed by atoms with Crippen molar-refractivity contribution in [1.82, 2.24) is 14.8 Å². The van der Waals surface area contributed by atoms with Gasteiger partial charge in [-0.25, -0.2) is 0 Å². The number of para-hydroxylation sites is 1. The van der Waals surface area contributed by atoms with Crippen molar-refractivity contribution in [2.75, 3.05) is 0 Å². The molecule has 2 heterocycles. The summed E-state index contributed by atoms with van der Waals surface area (Å²) in [6.45, 7) is 0. The third kappa shape index (κ3) is 5.17. The smallest absolute Gasteiger partial charge is 0.248 e. The van der Waals surface area contributed by atoms with Crippen molar-refractivity contribution in [2.45, 2.75) is 0 Å². The minimum atomic E-state index is 0.504. The lowest BCUT2D eigenvalue weighted by Crippen LogP contribution is -1.93. The van der Waals surface area contributed by atoms with Crippen molar-refractivity contribution >= 4 is 32.6 Å². The van der Waals surface area contributed by atoms with Gasteiger partial charge in [0.15, 0.2) is 0 Å². The molecule has 0 atom stereocenters. The monoisotopic (exact) mass is 665 g/mol. The highest BCUT2D eigenvalue weighted by atomic mass is 16.4. The Morgan fingerprint density at radius 1 is 0.346 bits per heavy atom. The van der Waals surface area contributed by atoms with Gasteiger partial charge in [0.2, 0.25) is 11.8 Å². The number of aromatic nitrogens is 3. The molecule has 0 saturated carbocycles. The molecular formula is C48H31N3O. The summed E-state index contributed by atoms with van der Waals surface area (Å²) in [5.74, 6) is 1.02. The van der Waals surface area contributed by atoms with E-state index in [-0.39, 0.29) is 0 Å². The third-order valence-electron chi connectivity index (χ3n) is 10.0. The highest BCUT2D eigenvalue weighted by molar-refractivity contribution is 6.11. The summed E-state index contributed by atoms with van der Waals surface area (Å²) in [6.07, 6.45) is 0. The Hall–Kier alpha value is -7.04. The van der Waals surface area contributed by atoms with Crippen molar-refractivity contribution in [1.29, 1.82) is 0 Å². The molecule has 4 heteroatoms. The van der Waals surface area contributed by atoms with Crippen molar-refractivity contribution in [3.05, 3.63) is 188 Å². The van der Waals surface area contributed by atoms with Crippen LogP contribution < -0.4 is 0 Å². The fourth-order valence-electron chi connectivity index (χ4n) is 7.40. The van der Waals surface area contributed by atoms with E-state index in [0.717, 1.165) is 27.9 Å². The number of nitrogens with zero attached hydrogens (tertiary/aromatic N) is 3. The maximum Gasteiger partial charge on any atom is 0.248 e. The molecule has 0 amide bonds. The normalized spacial score (nSPS) is 11.5. The third-order valence-corrected chi connectivity index (χ3v) is 10.0. The molecule has 0 aliphatic heterocycles. The number of hydrogen-bond donors (Lipinski definition) is 0. The Morgan fingerprint density at radius 3 is 1.46 bits per heavy atom. The maximum atomic E-state index is 6.02. The molecule has 0 bridgehead atoms. The van der Waals surface area contributed by atoms with Gasteiger partial charge < -0.3 is 8.98 Å². The van der Waals surface area contributed by atoms with E-state index in [1.54, 1.807) is 0 Å². The van der Waals surface area contributed by atoms with Crippen LogP contribution >= 0.6 is 0 Å². The SMILES string of the molecule is c1ccc(-c2nnc(-c3ccc(-c4ccc5c(c4)c4cc(-c6ccc(-c7cccc8ccccc78)cc6)ccc4n5-c4ccccc4)cc3)o2)cc1. The lowest BCUT2D eigenvalue weighted by Gasteiger charge is -2.09. The van der Waals surface area contributed by atoms with Gasteiger partial charge in [-0.05, 0) is 105 Å². The van der Waals surface area contributed by atoms with Gasteiger partial charge in [0.25, 0.3) is 0 Å². The van der Waals surface area contributed by atoms with Crippen molar-refractivity contribution in [3.8, 4) is 62.0 Å². The minimum Gasteiger partial charge on any atom is -0.416 e. The highest BCUT2D eigenvalue weighted by Crippen LogP contribution is 2.38. The predicted octanol–water partition coefficient (Wildman–Crippen LogP) is 12.7. The zero-order chi connectivity index (χ0) is 34.4. The highest BCUT2D eigenvalue weighted by Gasteiger charge is 2.16. The average Bonchev–Trinajstić information content (AvgIpc) is 3.85. The van der Waals surface area contributed by atoms with Crippen LogP contribution in [0.5, 0.6) is 0 Å². The lowest BCUT2D eigenvalue weighted by molar-refractivity contribution is 0.584. The first kappa shape index (κ1) is 29.8. The number of hydrogen-bond acceptors (Lipinski definition) is 3. The van der Waals surface area contributed by atoms with Gasteiger partial charge in [-0.1, -0.05) is 127 Å². The second-order valence-corrected chi connectivity index (χ2v) is 13.1. The summed E-state index contributed by atoms with van der Waals surface area (Å²) in [6, 6.07) is 66.5. The molecule has 52 heavy (non-hydrogen) atoms. The fourth-order valence-corrected chi connectivity index (χ4v) is 7.40. The molecular weight excluding hydrogens is 635 g/mol. The molecule has 4 nitrogen and oxygen atoms in total. The molecule has 0 radical (unpaired) electrons. The number of rotatable bonds is 6. The van der Waals surface area contributed by atoms with Gasteiger partial charge in [-0.3, -0.25) is 0 Å². The molecule has 10 aromatic rings. The second-order valence-electron chi connectivity index (χ2n) is 13.1. The van der Waals surface area contributed by atoms with Crippen LogP contribution in [0.15, 0.2) is 192 Å². The van der Waals surface area contributed by atoms with E-state index in [9.17, 15) is 0 Å². The molecule has 0 saturated heterocycles. The van der Waals surface area contributed by atoms with E-state index < -0.39 is 0 Å². The van der Waals surface area contributed by atoms with E-state index >= 15 is 0 Å². The van der Waals surface area contributed by atoms with Crippen LogP contribution in [0.2, 0.25) is 0 Å². The van der Waals surface area contributed by atoms with Gasteiger partial charge >= 0.3 is 0 Å². The molecule has 10 rings (SSSR count). The van der Waals surface area contributed by atoms with Gasteiger partial charge in [-0.15, -0.1) is 10.2 Å². The van der Waals surface area contributed by atoms with Crippen LogP contribution in [0.4, 0.5) is 0 Å².